The van der Waals surface area contributed by atoms with E-state index in [9.17, 15) is 4.79 Å². The Hall–Kier alpha value is -1.16. The summed E-state index contributed by atoms with van der Waals surface area (Å²) in [6, 6.07) is 1.54. The van der Waals surface area contributed by atoms with Crippen LogP contribution in [0, 0.1) is 12.8 Å². The minimum atomic E-state index is -0.0331. The molecule has 1 aliphatic heterocycles. The lowest BCUT2D eigenvalue weighted by molar-refractivity contribution is 0.458. The number of nitrogens with zero attached hydrogens (tertiary/aromatic N) is 1. The highest BCUT2D eigenvalue weighted by Gasteiger charge is 2.13. The molecule has 1 aromatic heterocycles. The minimum absolute atomic E-state index is 0.0331. The van der Waals surface area contributed by atoms with Gasteiger partial charge in [-0.2, -0.15) is 0 Å². The Bertz CT molecular complexity index is 391. The van der Waals surface area contributed by atoms with Crippen LogP contribution >= 0.6 is 0 Å². The molecule has 1 fully saturated rings. The van der Waals surface area contributed by atoms with Gasteiger partial charge in [-0.3, -0.25) is 4.79 Å². The molecule has 1 saturated heterocycles. The van der Waals surface area contributed by atoms with Gasteiger partial charge in [0.25, 0.3) is 5.56 Å². The molecule has 4 nitrogen and oxygen atoms in total. The fourth-order valence-electron chi connectivity index (χ4n) is 2.31. The van der Waals surface area contributed by atoms with Crippen molar-refractivity contribution in [2.24, 2.45) is 5.92 Å². The molecule has 0 aromatic carbocycles. The van der Waals surface area contributed by atoms with Gasteiger partial charge in [0.1, 0.15) is 5.82 Å². The van der Waals surface area contributed by atoms with E-state index in [1.54, 1.807) is 0 Å². The van der Waals surface area contributed by atoms with Crippen LogP contribution in [-0.2, 0) is 6.42 Å². The van der Waals surface area contributed by atoms with Crippen LogP contribution in [0.2, 0.25) is 0 Å². The zero-order valence-corrected chi connectivity index (χ0v) is 9.75. The minimum Gasteiger partial charge on any atom is -0.317 e. The molecular weight excluding hydrogens is 202 g/mol. The molecule has 88 valence electrons. The predicted molar refractivity (Wildman–Crippen MR) is 63.5 cm³/mol. The maximum atomic E-state index is 11.3. The zero-order chi connectivity index (χ0) is 11.4. The fraction of sp³-hybridized carbons (Fsp3) is 0.667. The number of rotatable bonds is 2. The SMILES string of the molecule is Cc1cc(=O)[nH]c(CC2CCCNCC2)n1. The van der Waals surface area contributed by atoms with Crippen molar-refractivity contribution in [1.82, 2.24) is 15.3 Å². The van der Waals surface area contributed by atoms with Crippen LogP contribution in [0.3, 0.4) is 0 Å². The molecule has 1 aromatic rings. The summed E-state index contributed by atoms with van der Waals surface area (Å²) in [5.41, 5.74) is 0.778. The molecule has 0 radical (unpaired) electrons. The van der Waals surface area contributed by atoms with Crippen molar-refractivity contribution in [2.45, 2.75) is 32.6 Å². The Labute approximate surface area is 95.5 Å². The third-order valence-corrected chi connectivity index (χ3v) is 3.10. The van der Waals surface area contributed by atoms with Gasteiger partial charge in [-0.05, 0) is 45.2 Å². The first-order valence-corrected chi connectivity index (χ1v) is 6.01. The van der Waals surface area contributed by atoms with E-state index in [1.807, 2.05) is 6.92 Å². The number of hydrogen-bond donors (Lipinski definition) is 2. The lowest BCUT2D eigenvalue weighted by Crippen LogP contribution is -2.17. The van der Waals surface area contributed by atoms with Crippen LogP contribution in [0.5, 0.6) is 0 Å². The van der Waals surface area contributed by atoms with Crippen LogP contribution < -0.4 is 10.9 Å². The van der Waals surface area contributed by atoms with Crippen molar-refractivity contribution in [3.8, 4) is 0 Å². The lowest BCUT2D eigenvalue weighted by Gasteiger charge is -2.12. The third kappa shape index (κ3) is 3.17. The van der Waals surface area contributed by atoms with E-state index in [-0.39, 0.29) is 5.56 Å². The highest BCUT2D eigenvalue weighted by atomic mass is 16.1. The highest BCUT2D eigenvalue weighted by molar-refractivity contribution is 5.01. The van der Waals surface area contributed by atoms with Crippen LogP contribution in [0.25, 0.3) is 0 Å². The van der Waals surface area contributed by atoms with E-state index in [4.69, 9.17) is 0 Å². The van der Waals surface area contributed by atoms with Crippen molar-refractivity contribution in [1.29, 1.82) is 0 Å². The van der Waals surface area contributed by atoms with E-state index < -0.39 is 0 Å². The summed E-state index contributed by atoms with van der Waals surface area (Å²) in [4.78, 5) is 18.5. The predicted octanol–water partition coefficient (Wildman–Crippen LogP) is 1.01. The van der Waals surface area contributed by atoms with Gasteiger partial charge in [-0.25, -0.2) is 4.98 Å². The van der Waals surface area contributed by atoms with Crippen molar-refractivity contribution < 1.29 is 0 Å². The monoisotopic (exact) mass is 221 g/mol. The Balaban J connectivity index is 2.04. The standard InChI is InChI=1S/C12H19N3O/c1-9-7-12(16)15-11(14-9)8-10-3-2-5-13-6-4-10/h7,10,13H,2-6,8H2,1H3,(H,14,15,16). The second kappa shape index (κ2) is 5.25. The van der Waals surface area contributed by atoms with Gasteiger partial charge >= 0.3 is 0 Å². The van der Waals surface area contributed by atoms with E-state index in [0.717, 1.165) is 31.0 Å². The van der Waals surface area contributed by atoms with Gasteiger partial charge in [-0.1, -0.05) is 0 Å². The molecule has 0 spiro atoms. The number of nitrogens with one attached hydrogen (secondary N) is 2. The van der Waals surface area contributed by atoms with Crippen molar-refractivity contribution in [2.75, 3.05) is 13.1 Å². The maximum Gasteiger partial charge on any atom is 0.251 e. The van der Waals surface area contributed by atoms with Crippen LogP contribution in [0.1, 0.15) is 30.8 Å². The Morgan fingerprint density at radius 3 is 3.12 bits per heavy atom. The number of aromatic nitrogens is 2. The molecule has 1 unspecified atom stereocenters. The Morgan fingerprint density at radius 2 is 2.31 bits per heavy atom. The zero-order valence-electron chi connectivity index (χ0n) is 9.75. The molecule has 2 N–H and O–H groups in total. The number of H-pyrrole nitrogens is 1. The molecular formula is C12H19N3O. The quantitative estimate of drug-likeness (QED) is 0.783. The topological polar surface area (TPSA) is 57.8 Å². The summed E-state index contributed by atoms with van der Waals surface area (Å²) in [7, 11) is 0. The molecule has 4 heteroatoms. The molecule has 1 atom stereocenters. The number of aryl methyl sites for hydroxylation is 1. The molecule has 1 aliphatic rings. The first-order valence-electron chi connectivity index (χ1n) is 6.01. The van der Waals surface area contributed by atoms with E-state index in [1.165, 1.54) is 25.3 Å². The molecule has 2 heterocycles. The smallest absolute Gasteiger partial charge is 0.251 e. The lowest BCUT2D eigenvalue weighted by atomic mass is 9.96. The normalized spacial score (nSPS) is 21.7. The molecule has 2 rings (SSSR count). The first-order chi connectivity index (χ1) is 7.74. The summed E-state index contributed by atoms with van der Waals surface area (Å²) in [5, 5.41) is 3.39. The van der Waals surface area contributed by atoms with Gasteiger partial charge in [0.05, 0.1) is 0 Å². The van der Waals surface area contributed by atoms with Gasteiger partial charge in [0.2, 0.25) is 0 Å². The Kier molecular flexibility index (Phi) is 3.72. The molecule has 0 bridgehead atoms. The number of aromatic amines is 1. The van der Waals surface area contributed by atoms with Gasteiger partial charge in [-0.15, -0.1) is 0 Å². The first kappa shape index (κ1) is 11.3. The average molecular weight is 221 g/mol. The van der Waals surface area contributed by atoms with Crippen LogP contribution in [-0.4, -0.2) is 23.1 Å². The van der Waals surface area contributed by atoms with E-state index in [2.05, 4.69) is 15.3 Å². The Morgan fingerprint density at radius 1 is 1.44 bits per heavy atom. The van der Waals surface area contributed by atoms with Crippen molar-refractivity contribution in [3.05, 3.63) is 27.9 Å². The molecule has 0 aliphatic carbocycles. The van der Waals surface area contributed by atoms with Gasteiger partial charge in [0, 0.05) is 18.2 Å². The summed E-state index contributed by atoms with van der Waals surface area (Å²) >= 11 is 0. The summed E-state index contributed by atoms with van der Waals surface area (Å²) in [6.07, 6.45) is 4.53. The van der Waals surface area contributed by atoms with E-state index >= 15 is 0 Å². The fourth-order valence-corrected chi connectivity index (χ4v) is 2.31. The van der Waals surface area contributed by atoms with Crippen molar-refractivity contribution in [3.63, 3.8) is 0 Å². The van der Waals surface area contributed by atoms with Gasteiger partial charge in [0.15, 0.2) is 0 Å². The largest absolute Gasteiger partial charge is 0.317 e. The third-order valence-electron chi connectivity index (χ3n) is 3.10. The van der Waals surface area contributed by atoms with Crippen LogP contribution in [0.15, 0.2) is 10.9 Å². The molecule has 0 amide bonds. The second-order valence-electron chi connectivity index (χ2n) is 4.58. The number of hydrogen-bond acceptors (Lipinski definition) is 3. The maximum absolute atomic E-state index is 11.3. The second-order valence-corrected chi connectivity index (χ2v) is 4.58. The average Bonchev–Trinajstić information content (AvgIpc) is 2.44. The summed E-state index contributed by atoms with van der Waals surface area (Å²) < 4.78 is 0. The highest BCUT2D eigenvalue weighted by Crippen LogP contribution is 2.16. The summed E-state index contributed by atoms with van der Waals surface area (Å²) in [5.74, 6) is 1.50. The van der Waals surface area contributed by atoms with Gasteiger partial charge < -0.3 is 10.3 Å². The molecule has 16 heavy (non-hydrogen) atoms. The van der Waals surface area contributed by atoms with E-state index in [0.29, 0.717) is 5.92 Å². The molecule has 0 saturated carbocycles. The van der Waals surface area contributed by atoms with Crippen LogP contribution in [0.4, 0.5) is 0 Å². The van der Waals surface area contributed by atoms with Crippen molar-refractivity contribution >= 4 is 0 Å². The summed E-state index contributed by atoms with van der Waals surface area (Å²) in [6.45, 7) is 4.07.